The van der Waals surface area contributed by atoms with Crippen LogP contribution in [0.25, 0.3) is 0 Å². The van der Waals surface area contributed by atoms with Gasteiger partial charge in [0.15, 0.2) is 0 Å². The third-order valence-electron chi connectivity index (χ3n) is 3.75. The van der Waals surface area contributed by atoms with Gasteiger partial charge in [0.05, 0.1) is 10.9 Å². The predicted molar refractivity (Wildman–Crippen MR) is 96.3 cm³/mol. The van der Waals surface area contributed by atoms with E-state index in [-0.39, 0.29) is 29.8 Å². The van der Waals surface area contributed by atoms with Gasteiger partial charge in [-0.25, -0.2) is 17.1 Å². The van der Waals surface area contributed by atoms with E-state index in [9.17, 15) is 17.6 Å². The molecule has 1 aromatic carbocycles. The van der Waals surface area contributed by atoms with Gasteiger partial charge in [-0.3, -0.25) is 4.79 Å². The van der Waals surface area contributed by atoms with Crippen molar-refractivity contribution in [1.29, 1.82) is 0 Å². The fourth-order valence-corrected chi connectivity index (χ4v) is 4.24. The summed E-state index contributed by atoms with van der Waals surface area (Å²) in [5.74, 6) is -0.605. The lowest BCUT2D eigenvalue weighted by Gasteiger charge is -2.17. The first-order valence-corrected chi connectivity index (χ1v) is 10.2. The first-order chi connectivity index (χ1) is 11.8. The Balaban J connectivity index is 1.82. The largest absolute Gasteiger partial charge is 0.349 e. The molecule has 2 aromatic rings. The summed E-state index contributed by atoms with van der Waals surface area (Å²) in [7, 11) is -2.23. The van der Waals surface area contributed by atoms with Crippen LogP contribution in [-0.4, -0.2) is 32.2 Å². The van der Waals surface area contributed by atoms with Gasteiger partial charge < -0.3 is 5.32 Å². The van der Waals surface area contributed by atoms with Crippen molar-refractivity contribution in [3.05, 3.63) is 52.5 Å². The van der Waals surface area contributed by atoms with Crippen LogP contribution in [0.3, 0.4) is 0 Å². The molecule has 0 spiro atoms. The van der Waals surface area contributed by atoms with E-state index in [0.717, 1.165) is 17.0 Å². The molecule has 0 bridgehead atoms. The topological polar surface area (TPSA) is 66.5 Å². The third-order valence-corrected chi connectivity index (χ3v) is 6.67. The van der Waals surface area contributed by atoms with Gasteiger partial charge in [-0.15, -0.1) is 11.3 Å². The number of carbonyl (C=O) groups is 1. The van der Waals surface area contributed by atoms with Crippen LogP contribution in [0.5, 0.6) is 0 Å². The van der Waals surface area contributed by atoms with Gasteiger partial charge >= 0.3 is 0 Å². The van der Waals surface area contributed by atoms with Crippen molar-refractivity contribution in [3.8, 4) is 0 Å². The number of rotatable bonds is 8. The predicted octanol–water partition coefficient (Wildman–Crippen LogP) is 3.17. The van der Waals surface area contributed by atoms with Crippen molar-refractivity contribution in [1.82, 2.24) is 9.62 Å². The molecule has 0 unspecified atom stereocenters. The Labute approximate surface area is 151 Å². The molecule has 0 saturated heterocycles. The number of halogens is 1. The molecule has 1 N–H and O–H groups in total. The maximum atomic E-state index is 12.9. The standard InChI is InChI=1S/C17H21FN2O3S2/c1-13(16-5-4-12-24-16)19-17(21)6-3-11-20(2)25(22,23)15-9-7-14(18)8-10-15/h4-5,7-10,12-13H,3,6,11H2,1-2H3,(H,19,21)/t13-/m0/s1. The average molecular weight is 384 g/mol. The molecule has 0 aliphatic heterocycles. The van der Waals surface area contributed by atoms with E-state index >= 15 is 0 Å². The minimum Gasteiger partial charge on any atom is -0.349 e. The number of sulfonamides is 1. The van der Waals surface area contributed by atoms with Crippen molar-refractivity contribution in [2.24, 2.45) is 0 Å². The average Bonchev–Trinajstić information content (AvgIpc) is 3.09. The molecule has 1 amide bonds. The highest BCUT2D eigenvalue weighted by molar-refractivity contribution is 7.89. The Kier molecular flexibility index (Phi) is 6.69. The first-order valence-electron chi connectivity index (χ1n) is 7.85. The quantitative estimate of drug-likeness (QED) is 0.760. The normalized spacial score (nSPS) is 13.0. The third kappa shape index (κ3) is 5.35. The number of nitrogens with one attached hydrogen (secondary N) is 1. The number of hydrogen-bond acceptors (Lipinski definition) is 4. The van der Waals surface area contributed by atoms with Crippen LogP contribution in [0.15, 0.2) is 46.7 Å². The van der Waals surface area contributed by atoms with E-state index in [1.807, 2.05) is 24.4 Å². The summed E-state index contributed by atoms with van der Waals surface area (Å²) in [6, 6.07) is 8.51. The van der Waals surface area contributed by atoms with Gasteiger partial charge in [-0.1, -0.05) is 6.07 Å². The van der Waals surface area contributed by atoms with Crippen molar-refractivity contribution >= 4 is 27.3 Å². The number of thiophene rings is 1. The highest BCUT2D eigenvalue weighted by atomic mass is 32.2. The minimum atomic E-state index is -3.68. The van der Waals surface area contributed by atoms with Gasteiger partial charge in [-0.2, -0.15) is 0 Å². The zero-order valence-electron chi connectivity index (χ0n) is 14.1. The molecule has 0 aliphatic carbocycles. The fourth-order valence-electron chi connectivity index (χ4n) is 2.29. The number of nitrogens with zero attached hydrogens (tertiary/aromatic N) is 1. The maximum Gasteiger partial charge on any atom is 0.242 e. The van der Waals surface area contributed by atoms with Crippen LogP contribution in [-0.2, 0) is 14.8 Å². The zero-order chi connectivity index (χ0) is 18.4. The molecule has 136 valence electrons. The van der Waals surface area contributed by atoms with Crippen LogP contribution in [0.2, 0.25) is 0 Å². The van der Waals surface area contributed by atoms with Gasteiger partial charge in [0, 0.05) is 24.9 Å². The van der Waals surface area contributed by atoms with Crippen molar-refractivity contribution in [2.45, 2.75) is 30.7 Å². The molecule has 0 aliphatic rings. The molecule has 5 nitrogen and oxygen atoms in total. The molecule has 1 heterocycles. The molecule has 0 fully saturated rings. The van der Waals surface area contributed by atoms with E-state index in [0.29, 0.717) is 6.42 Å². The van der Waals surface area contributed by atoms with Crippen LogP contribution in [0, 0.1) is 5.82 Å². The van der Waals surface area contributed by atoms with Crippen molar-refractivity contribution < 1.29 is 17.6 Å². The summed E-state index contributed by atoms with van der Waals surface area (Å²) < 4.78 is 38.8. The van der Waals surface area contributed by atoms with E-state index < -0.39 is 15.8 Å². The fraction of sp³-hybridized carbons (Fsp3) is 0.353. The molecule has 2 rings (SSSR count). The second kappa shape index (κ2) is 8.55. The SMILES string of the molecule is C[C@H](NC(=O)CCCN(C)S(=O)(=O)c1ccc(F)cc1)c1cccs1. The minimum absolute atomic E-state index is 0.0344. The lowest BCUT2D eigenvalue weighted by atomic mass is 10.2. The van der Waals surface area contributed by atoms with Gasteiger partial charge in [0.2, 0.25) is 15.9 Å². The zero-order valence-corrected chi connectivity index (χ0v) is 15.7. The number of hydrogen-bond donors (Lipinski definition) is 1. The molecule has 0 saturated carbocycles. The van der Waals surface area contributed by atoms with Crippen molar-refractivity contribution in [2.75, 3.05) is 13.6 Å². The maximum absolute atomic E-state index is 12.9. The van der Waals surface area contributed by atoms with Crippen LogP contribution in [0.1, 0.15) is 30.7 Å². The number of benzene rings is 1. The summed E-state index contributed by atoms with van der Waals surface area (Å²) in [5, 5.41) is 4.85. The lowest BCUT2D eigenvalue weighted by Crippen LogP contribution is -2.30. The molecule has 25 heavy (non-hydrogen) atoms. The van der Waals surface area contributed by atoms with E-state index in [4.69, 9.17) is 0 Å². The van der Waals surface area contributed by atoms with Gasteiger partial charge in [0.1, 0.15) is 5.82 Å². The summed E-state index contributed by atoms with van der Waals surface area (Å²) in [6.07, 6.45) is 0.638. The summed E-state index contributed by atoms with van der Waals surface area (Å²) >= 11 is 1.57. The summed E-state index contributed by atoms with van der Waals surface area (Å²) in [5.41, 5.74) is 0. The smallest absolute Gasteiger partial charge is 0.242 e. The number of carbonyl (C=O) groups excluding carboxylic acids is 1. The monoisotopic (exact) mass is 384 g/mol. The summed E-state index contributed by atoms with van der Waals surface area (Å²) in [6.45, 7) is 2.12. The van der Waals surface area contributed by atoms with Crippen LogP contribution >= 0.6 is 11.3 Å². The highest BCUT2D eigenvalue weighted by Gasteiger charge is 2.20. The second-order valence-corrected chi connectivity index (χ2v) is 8.71. The molecule has 1 atom stereocenters. The van der Waals surface area contributed by atoms with Crippen LogP contribution < -0.4 is 5.32 Å². The molecular formula is C17H21FN2O3S2. The number of amides is 1. The highest BCUT2D eigenvalue weighted by Crippen LogP contribution is 2.18. The Bertz CT molecular complexity index is 790. The Morgan fingerprint density at radius 3 is 2.56 bits per heavy atom. The van der Waals surface area contributed by atoms with E-state index in [2.05, 4.69) is 5.32 Å². The van der Waals surface area contributed by atoms with E-state index in [1.165, 1.54) is 23.5 Å². The first kappa shape index (κ1) is 19.6. The summed E-state index contributed by atoms with van der Waals surface area (Å²) in [4.78, 5) is 13.1. The van der Waals surface area contributed by atoms with Crippen molar-refractivity contribution in [3.63, 3.8) is 0 Å². The second-order valence-electron chi connectivity index (χ2n) is 5.69. The molecule has 1 aromatic heterocycles. The molecular weight excluding hydrogens is 363 g/mol. The van der Waals surface area contributed by atoms with Crippen LogP contribution in [0.4, 0.5) is 4.39 Å². The Morgan fingerprint density at radius 2 is 1.96 bits per heavy atom. The Hall–Kier alpha value is -1.77. The van der Waals surface area contributed by atoms with Gasteiger partial charge in [0.25, 0.3) is 0 Å². The van der Waals surface area contributed by atoms with E-state index in [1.54, 1.807) is 11.3 Å². The van der Waals surface area contributed by atoms with Gasteiger partial charge in [-0.05, 0) is 49.1 Å². The lowest BCUT2D eigenvalue weighted by molar-refractivity contribution is -0.121. The Morgan fingerprint density at radius 1 is 1.28 bits per heavy atom. The molecule has 0 radical (unpaired) electrons. The molecule has 8 heteroatoms.